The number of alkyl halides is 1. The van der Waals surface area contributed by atoms with Crippen LogP contribution in [0, 0.1) is 0 Å². The van der Waals surface area contributed by atoms with Gasteiger partial charge in [-0.15, -0.1) is 0 Å². The molecule has 0 saturated heterocycles. The minimum Gasteiger partial charge on any atom is -0.254 e. The lowest BCUT2D eigenvalue weighted by molar-refractivity contribution is 0.186. The highest BCUT2D eigenvalue weighted by Gasteiger charge is 2.31. The molecule has 0 radical (unpaired) electrons. The van der Waals surface area contributed by atoms with E-state index in [1.165, 1.54) is 13.1 Å². The van der Waals surface area contributed by atoms with Gasteiger partial charge in [-0.2, -0.15) is 0 Å². The Balaban J connectivity index is 2.60. The van der Waals surface area contributed by atoms with Gasteiger partial charge in [0.25, 0.3) is 0 Å². The number of aromatic nitrogens is 2. The first-order chi connectivity index (χ1) is 5.70. The lowest BCUT2D eigenvalue weighted by atomic mass is 9.93. The van der Waals surface area contributed by atoms with Crippen molar-refractivity contribution in [2.24, 2.45) is 0 Å². The zero-order chi connectivity index (χ0) is 8.60. The summed E-state index contributed by atoms with van der Waals surface area (Å²) in [5.74, 6) is 0. The van der Waals surface area contributed by atoms with Crippen LogP contribution in [0.15, 0.2) is 18.5 Å². The summed E-state index contributed by atoms with van der Waals surface area (Å²) in [6.45, 7) is 1.53. The van der Waals surface area contributed by atoms with Crippen molar-refractivity contribution in [1.29, 1.82) is 0 Å². The van der Waals surface area contributed by atoms with E-state index >= 15 is 0 Å². The number of hydrogen-bond acceptors (Lipinski definition) is 2. The van der Waals surface area contributed by atoms with Crippen molar-refractivity contribution >= 4 is 6.08 Å². The van der Waals surface area contributed by atoms with Crippen LogP contribution in [0.4, 0.5) is 4.39 Å². The predicted molar refractivity (Wildman–Crippen MR) is 44.1 cm³/mol. The monoisotopic (exact) mass is 164 g/mol. The van der Waals surface area contributed by atoms with Crippen molar-refractivity contribution in [2.75, 3.05) is 0 Å². The van der Waals surface area contributed by atoms with E-state index in [1.54, 1.807) is 12.3 Å². The third-order valence-corrected chi connectivity index (χ3v) is 2.00. The maximum absolute atomic E-state index is 13.7. The van der Waals surface area contributed by atoms with E-state index in [-0.39, 0.29) is 0 Å². The van der Waals surface area contributed by atoms with E-state index < -0.39 is 5.67 Å². The molecule has 0 saturated carbocycles. The third-order valence-electron chi connectivity index (χ3n) is 2.00. The minimum absolute atomic E-state index is 0.388. The summed E-state index contributed by atoms with van der Waals surface area (Å²) in [7, 11) is 0. The number of halogens is 1. The van der Waals surface area contributed by atoms with Crippen molar-refractivity contribution in [3.8, 4) is 0 Å². The highest BCUT2D eigenvalue weighted by atomic mass is 19.1. The van der Waals surface area contributed by atoms with Gasteiger partial charge >= 0.3 is 0 Å². The Labute approximate surface area is 70.2 Å². The summed E-state index contributed by atoms with van der Waals surface area (Å²) in [6.07, 6.45) is 7.08. The molecule has 62 valence electrons. The van der Waals surface area contributed by atoms with Gasteiger partial charge in [0, 0.05) is 18.8 Å². The number of nitrogens with zero attached hydrogens (tertiary/aromatic N) is 2. The van der Waals surface area contributed by atoms with Crippen LogP contribution in [-0.2, 0) is 5.67 Å². The van der Waals surface area contributed by atoms with Gasteiger partial charge in [0.2, 0.25) is 0 Å². The smallest absolute Gasteiger partial charge is 0.155 e. The van der Waals surface area contributed by atoms with Gasteiger partial charge in [-0.1, -0.05) is 6.08 Å². The van der Waals surface area contributed by atoms with Crippen LogP contribution in [0.2, 0.25) is 0 Å². The summed E-state index contributed by atoms with van der Waals surface area (Å²) in [5, 5.41) is 0. The molecule has 0 amide bonds. The molecule has 0 aliphatic heterocycles. The Hall–Kier alpha value is -1.25. The van der Waals surface area contributed by atoms with Crippen molar-refractivity contribution < 1.29 is 4.39 Å². The van der Waals surface area contributed by atoms with Crippen LogP contribution in [-0.4, -0.2) is 9.97 Å². The van der Waals surface area contributed by atoms with E-state index in [2.05, 4.69) is 9.97 Å². The van der Waals surface area contributed by atoms with Crippen LogP contribution < -0.4 is 0 Å². The minimum atomic E-state index is -1.35. The summed E-state index contributed by atoms with van der Waals surface area (Å²) >= 11 is 0. The van der Waals surface area contributed by atoms with E-state index in [0.29, 0.717) is 17.8 Å². The normalized spacial score (nSPS) is 26.8. The van der Waals surface area contributed by atoms with Gasteiger partial charge < -0.3 is 0 Å². The van der Waals surface area contributed by atoms with E-state index in [0.717, 1.165) is 0 Å². The zero-order valence-electron chi connectivity index (χ0n) is 6.79. The molecule has 1 aromatic heterocycles. The molecule has 1 unspecified atom stereocenters. The van der Waals surface area contributed by atoms with E-state index in [9.17, 15) is 4.39 Å². The Morgan fingerprint density at radius 3 is 2.92 bits per heavy atom. The van der Waals surface area contributed by atoms with Crippen LogP contribution in [0.1, 0.15) is 24.7 Å². The SMILES string of the molecule is CC1(F)CC=Cc2nccnc21. The summed E-state index contributed by atoms with van der Waals surface area (Å²) < 4.78 is 13.7. The summed E-state index contributed by atoms with van der Waals surface area (Å²) in [5.41, 5.74) is -0.250. The first kappa shape index (κ1) is 7.40. The summed E-state index contributed by atoms with van der Waals surface area (Å²) in [6, 6.07) is 0. The molecule has 1 aromatic rings. The molecular weight excluding hydrogens is 155 g/mol. The van der Waals surface area contributed by atoms with E-state index in [4.69, 9.17) is 0 Å². The highest BCUT2D eigenvalue weighted by Crippen LogP contribution is 2.33. The molecule has 1 aliphatic carbocycles. The molecule has 1 atom stereocenters. The lowest BCUT2D eigenvalue weighted by Gasteiger charge is -2.22. The molecule has 2 rings (SSSR count). The molecule has 0 bridgehead atoms. The molecule has 0 fully saturated rings. The summed E-state index contributed by atoms with van der Waals surface area (Å²) in [4.78, 5) is 8.01. The van der Waals surface area contributed by atoms with Gasteiger partial charge in [0.15, 0.2) is 5.67 Å². The maximum Gasteiger partial charge on any atom is 0.155 e. The Bertz CT molecular complexity index is 331. The zero-order valence-corrected chi connectivity index (χ0v) is 6.79. The number of hydrogen-bond donors (Lipinski definition) is 0. The molecule has 0 N–H and O–H groups in total. The average Bonchev–Trinajstić information content (AvgIpc) is 2.04. The first-order valence-corrected chi connectivity index (χ1v) is 3.87. The second kappa shape index (κ2) is 2.37. The van der Waals surface area contributed by atoms with Crippen molar-refractivity contribution in [3.63, 3.8) is 0 Å². The fourth-order valence-corrected chi connectivity index (χ4v) is 1.36. The van der Waals surface area contributed by atoms with Crippen LogP contribution in [0.5, 0.6) is 0 Å². The van der Waals surface area contributed by atoms with Crippen LogP contribution in [0.25, 0.3) is 6.08 Å². The largest absolute Gasteiger partial charge is 0.254 e. The second-order valence-electron chi connectivity index (χ2n) is 3.09. The molecule has 1 aliphatic rings. The van der Waals surface area contributed by atoms with Crippen molar-refractivity contribution in [3.05, 3.63) is 29.9 Å². The molecule has 2 nitrogen and oxygen atoms in total. The second-order valence-corrected chi connectivity index (χ2v) is 3.09. The van der Waals surface area contributed by atoms with Gasteiger partial charge in [-0.25, -0.2) is 4.39 Å². The fraction of sp³-hybridized carbons (Fsp3) is 0.333. The van der Waals surface area contributed by atoms with Gasteiger partial charge in [-0.3, -0.25) is 9.97 Å². The Morgan fingerprint density at radius 2 is 2.17 bits per heavy atom. The number of fused-ring (bicyclic) bond motifs is 1. The maximum atomic E-state index is 13.7. The molecular formula is C9H9FN2. The average molecular weight is 164 g/mol. The quantitative estimate of drug-likeness (QED) is 0.586. The Morgan fingerprint density at radius 1 is 1.42 bits per heavy atom. The fourth-order valence-electron chi connectivity index (χ4n) is 1.36. The van der Waals surface area contributed by atoms with Gasteiger partial charge in [0.05, 0.1) is 5.69 Å². The number of allylic oxidation sites excluding steroid dienone is 1. The van der Waals surface area contributed by atoms with E-state index in [1.807, 2.05) is 6.08 Å². The molecule has 12 heavy (non-hydrogen) atoms. The third kappa shape index (κ3) is 1.02. The van der Waals surface area contributed by atoms with Crippen LogP contribution >= 0.6 is 0 Å². The topological polar surface area (TPSA) is 25.8 Å². The first-order valence-electron chi connectivity index (χ1n) is 3.87. The van der Waals surface area contributed by atoms with Gasteiger partial charge in [0.1, 0.15) is 5.69 Å². The molecule has 0 spiro atoms. The van der Waals surface area contributed by atoms with Crippen LogP contribution in [0.3, 0.4) is 0 Å². The molecule has 1 heterocycles. The van der Waals surface area contributed by atoms with Crippen molar-refractivity contribution in [1.82, 2.24) is 9.97 Å². The highest BCUT2D eigenvalue weighted by molar-refractivity contribution is 5.51. The molecule has 3 heteroatoms. The van der Waals surface area contributed by atoms with Crippen molar-refractivity contribution in [2.45, 2.75) is 19.0 Å². The lowest BCUT2D eigenvalue weighted by Crippen LogP contribution is -2.20. The Kier molecular flexibility index (Phi) is 1.46. The molecule has 0 aromatic carbocycles. The predicted octanol–water partition coefficient (Wildman–Crippen LogP) is 2.08. The standard InChI is InChI=1S/C9H9FN2/c1-9(10)4-2-3-7-8(9)12-6-5-11-7/h2-3,5-6H,4H2,1H3. The van der Waals surface area contributed by atoms with Gasteiger partial charge in [-0.05, 0) is 13.0 Å². The number of rotatable bonds is 0.